The fraction of sp³-hybridized carbons (Fsp3) is 0.227. The summed E-state index contributed by atoms with van der Waals surface area (Å²) in [7, 11) is 0. The molecule has 2 aromatic heterocycles. The van der Waals surface area contributed by atoms with Gasteiger partial charge in [0, 0.05) is 38.3 Å². The van der Waals surface area contributed by atoms with Gasteiger partial charge in [0.1, 0.15) is 17.2 Å². The summed E-state index contributed by atoms with van der Waals surface area (Å²) in [6.07, 6.45) is 1.47. The van der Waals surface area contributed by atoms with Crippen molar-refractivity contribution in [2.75, 3.05) is 36.4 Å². The number of thiophene rings is 1. The highest BCUT2D eigenvalue weighted by atomic mass is 32.1. The van der Waals surface area contributed by atoms with Crippen LogP contribution in [0.15, 0.2) is 54.0 Å². The van der Waals surface area contributed by atoms with Crippen molar-refractivity contribution in [1.82, 2.24) is 9.88 Å². The van der Waals surface area contributed by atoms with Crippen molar-refractivity contribution in [2.24, 2.45) is 0 Å². The van der Waals surface area contributed by atoms with E-state index in [2.05, 4.69) is 15.2 Å². The van der Waals surface area contributed by atoms with Gasteiger partial charge in [0.25, 0.3) is 5.91 Å². The molecule has 0 unspecified atom stereocenters. The van der Waals surface area contributed by atoms with Gasteiger partial charge in [-0.05, 0) is 23.6 Å². The average Bonchev–Trinajstić information content (AvgIpc) is 3.31. The molecule has 1 aliphatic rings. The first kappa shape index (κ1) is 21.0. The summed E-state index contributed by atoms with van der Waals surface area (Å²) >= 11 is 1.30. The van der Waals surface area contributed by atoms with Crippen LogP contribution in [0.3, 0.4) is 0 Å². The van der Waals surface area contributed by atoms with Gasteiger partial charge in [0.05, 0.1) is 16.8 Å². The molecule has 0 atom stereocenters. The van der Waals surface area contributed by atoms with Crippen LogP contribution in [0.25, 0.3) is 0 Å². The Kier molecular flexibility index (Phi) is 6.24. The summed E-state index contributed by atoms with van der Waals surface area (Å²) in [6.45, 7) is 2.97. The van der Waals surface area contributed by atoms with E-state index in [4.69, 9.17) is 0 Å². The van der Waals surface area contributed by atoms with Gasteiger partial charge < -0.3 is 15.3 Å². The second-order valence-electron chi connectivity index (χ2n) is 7.19. The first-order chi connectivity index (χ1) is 15.0. The highest BCUT2D eigenvalue weighted by Crippen LogP contribution is 2.24. The molecule has 2 N–H and O–H groups in total. The number of hydrogen-bond donors (Lipinski definition) is 2. The van der Waals surface area contributed by atoms with E-state index in [0.29, 0.717) is 54.7 Å². The normalized spacial score (nSPS) is 14.4. The molecule has 7 nitrogen and oxygen atoms in total. The van der Waals surface area contributed by atoms with Crippen LogP contribution < -0.4 is 10.2 Å². The van der Waals surface area contributed by atoms with E-state index in [9.17, 15) is 19.1 Å². The number of piperazine rings is 1. The highest BCUT2D eigenvalue weighted by molar-refractivity contribution is 7.12. The molecule has 31 heavy (non-hydrogen) atoms. The fourth-order valence-corrected chi connectivity index (χ4v) is 4.14. The van der Waals surface area contributed by atoms with Gasteiger partial charge in [-0.3, -0.25) is 9.69 Å². The lowest BCUT2D eigenvalue weighted by atomic mass is 10.1. The quantitative estimate of drug-likeness (QED) is 0.610. The second-order valence-corrected chi connectivity index (χ2v) is 8.13. The van der Waals surface area contributed by atoms with E-state index in [1.54, 1.807) is 29.6 Å². The van der Waals surface area contributed by atoms with Gasteiger partial charge in [-0.25, -0.2) is 14.2 Å². The highest BCUT2D eigenvalue weighted by Gasteiger charge is 2.24. The van der Waals surface area contributed by atoms with Crippen molar-refractivity contribution < 1.29 is 19.1 Å². The number of carboxylic acids is 1. The summed E-state index contributed by atoms with van der Waals surface area (Å²) in [5.74, 6) is -1.27. The fourth-order valence-electron chi connectivity index (χ4n) is 3.52. The minimum absolute atomic E-state index is 0.0338. The number of nitrogens with one attached hydrogen (secondary N) is 1. The number of anilines is 2. The van der Waals surface area contributed by atoms with E-state index in [1.807, 2.05) is 11.0 Å². The summed E-state index contributed by atoms with van der Waals surface area (Å²) in [5, 5.41) is 14.2. The average molecular weight is 441 g/mol. The smallest absolute Gasteiger partial charge is 0.339 e. The number of hydrogen-bond acceptors (Lipinski definition) is 6. The molecule has 0 bridgehead atoms. The largest absolute Gasteiger partial charge is 0.478 e. The molecule has 1 fully saturated rings. The molecule has 4 rings (SSSR count). The number of halogens is 1. The van der Waals surface area contributed by atoms with Crippen LogP contribution in [0.2, 0.25) is 0 Å². The lowest BCUT2D eigenvalue weighted by molar-refractivity contribution is 0.0696. The minimum atomic E-state index is -1.11. The molecule has 3 aromatic rings. The summed E-state index contributed by atoms with van der Waals surface area (Å²) in [6, 6.07) is 11.6. The van der Waals surface area contributed by atoms with E-state index in [1.165, 1.54) is 29.7 Å². The third-order valence-electron chi connectivity index (χ3n) is 5.12. The number of aromatic nitrogens is 1. The molecule has 9 heteroatoms. The molecule has 0 aliphatic carbocycles. The Bertz CT molecular complexity index is 1080. The predicted octanol–water partition coefficient (Wildman–Crippen LogP) is 3.55. The topological polar surface area (TPSA) is 85.8 Å². The lowest BCUT2D eigenvalue weighted by Crippen LogP contribution is -2.46. The zero-order valence-corrected chi connectivity index (χ0v) is 17.4. The Morgan fingerprint density at radius 1 is 1.13 bits per heavy atom. The van der Waals surface area contributed by atoms with Gasteiger partial charge >= 0.3 is 5.97 Å². The Hall–Kier alpha value is -3.30. The molecule has 1 amide bonds. The summed E-state index contributed by atoms with van der Waals surface area (Å²) < 4.78 is 13.9. The standard InChI is InChI=1S/C22H21FN4O3S/c23-18-5-2-1-4-15(18)14-26-7-9-27(10-8-26)20-17(22(29)30)12-16(13-24-20)25-21(28)19-6-3-11-31-19/h1-6,11-13H,7-10,14H2,(H,25,28)(H,29,30). The third-order valence-corrected chi connectivity index (χ3v) is 5.99. The number of rotatable bonds is 6. The van der Waals surface area contributed by atoms with Crippen LogP contribution in [0.4, 0.5) is 15.9 Å². The van der Waals surface area contributed by atoms with Crippen LogP contribution in [0, 0.1) is 5.82 Å². The molecule has 1 aliphatic heterocycles. The van der Waals surface area contributed by atoms with Crippen LogP contribution in [-0.4, -0.2) is 53.0 Å². The Morgan fingerprint density at radius 2 is 1.90 bits per heavy atom. The van der Waals surface area contributed by atoms with Gasteiger partial charge in [0.15, 0.2) is 0 Å². The number of nitrogens with zero attached hydrogens (tertiary/aromatic N) is 3. The van der Waals surface area contributed by atoms with Crippen LogP contribution in [-0.2, 0) is 6.54 Å². The molecule has 0 spiro atoms. The lowest BCUT2D eigenvalue weighted by Gasteiger charge is -2.36. The monoisotopic (exact) mass is 440 g/mol. The van der Waals surface area contributed by atoms with E-state index < -0.39 is 5.97 Å². The van der Waals surface area contributed by atoms with Gasteiger partial charge in [-0.15, -0.1) is 11.3 Å². The summed E-state index contributed by atoms with van der Waals surface area (Å²) in [5.41, 5.74) is 1.01. The third kappa shape index (κ3) is 4.89. The van der Waals surface area contributed by atoms with Crippen molar-refractivity contribution in [1.29, 1.82) is 0 Å². The molecule has 0 saturated carbocycles. The maximum absolute atomic E-state index is 13.9. The number of amides is 1. The van der Waals surface area contributed by atoms with Crippen LogP contribution in [0.1, 0.15) is 25.6 Å². The van der Waals surface area contributed by atoms with Gasteiger partial charge in [-0.2, -0.15) is 0 Å². The Labute approximate surface area is 182 Å². The Balaban J connectivity index is 1.44. The molecular formula is C22H21FN4O3S. The number of carbonyl (C=O) groups excluding carboxylic acids is 1. The van der Waals surface area contributed by atoms with Gasteiger partial charge in [-0.1, -0.05) is 24.3 Å². The van der Waals surface area contributed by atoms with Crippen molar-refractivity contribution in [3.63, 3.8) is 0 Å². The van der Waals surface area contributed by atoms with Crippen LogP contribution >= 0.6 is 11.3 Å². The van der Waals surface area contributed by atoms with Crippen molar-refractivity contribution in [3.8, 4) is 0 Å². The minimum Gasteiger partial charge on any atom is -0.478 e. The molecular weight excluding hydrogens is 419 g/mol. The van der Waals surface area contributed by atoms with E-state index in [0.717, 1.165) is 0 Å². The molecule has 1 aromatic carbocycles. The van der Waals surface area contributed by atoms with E-state index >= 15 is 0 Å². The molecule has 1 saturated heterocycles. The maximum Gasteiger partial charge on any atom is 0.339 e. The number of benzene rings is 1. The second kappa shape index (κ2) is 9.23. The van der Waals surface area contributed by atoms with E-state index in [-0.39, 0.29) is 17.3 Å². The zero-order chi connectivity index (χ0) is 21.8. The SMILES string of the molecule is O=C(Nc1cnc(N2CCN(Cc3ccccc3F)CC2)c(C(=O)O)c1)c1cccs1. The van der Waals surface area contributed by atoms with Crippen molar-refractivity contribution in [3.05, 3.63) is 75.9 Å². The Morgan fingerprint density at radius 3 is 2.58 bits per heavy atom. The maximum atomic E-state index is 13.9. The zero-order valence-electron chi connectivity index (χ0n) is 16.6. The predicted molar refractivity (Wildman–Crippen MR) is 117 cm³/mol. The number of pyridine rings is 1. The first-order valence-electron chi connectivity index (χ1n) is 9.80. The molecule has 0 radical (unpaired) electrons. The summed E-state index contributed by atoms with van der Waals surface area (Å²) in [4.78, 5) is 33.0. The molecule has 160 valence electrons. The number of carbonyl (C=O) groups is 2. The van der Waals surface area contributed by atoms with Gasteiger partial charge in [0.2, 0.25) is 0 Å². The van der Waals surface area contributed by atoms with Crippen molar-refractivity contribution >= 4 is 34.7 Å². The first-order valence-corrected chi connectivity index (χ1v) is 10.7. The molecule has 3 heterocycles. The number of carboxylic acid groups (broad SMARTS) is 1. The number of aromatic carboxylic acids is 1. The van der Waals surface area contributed by atoms with Crippen molar-refractivity contribution in [2.45, 2.75) is 6.54 Å². The van der Waals surface area contributed by atoms with Crippen LogP contribution in [0.5, 0.6) is 0 Å².